The van der Waals surface area contributed by atoms with E-state index < -0.39 is 16.1 Å². The Labute approximate surface area is 156 Å². The number of hydrogen-bond donors (Lipinski definition) is 0. The van der Waals surface area contributed by atoms with Gasteiger partial charge in [-0.1, -0.05) is 36.9 Å². The van der Waals surface area contributed by atoms with Gasteiger partial charge in [0.1, 0.15) is 6.04 Å². The van der Waals surface area contributed by atoms with E-state index in [0.29, 0.717) is 10.7 Å². The Morgan fingerprint density at radius 3 is 2.40 bits per heavy atom. The number of halogens is 1. The van der Waals surface area contributed by atoms with Crippen molar-refractivity contribution in [2.75, 3.05) is 17.6 Å². The lowest BCUT2D eigenvalue weighted by atomic mass is 9.94. The average molecular weight is 387 g/mol. The lowest BCUT2D eigenvalue weighted by Crippen LogP contribution is -2.51. The Morgan fingerprint density at radius 1 is 1.24 bits per heavy atom. The number of aryl methyl sites for hydroxylation is 1. The van der Waals surface area contributed by atoms with Crippen molar-refractivity contribution >= 4 is 33.2 Å². The van der Waals surface area contributed by atoms with Crippen LogP contribution in [0.4, 0.5) is 5.69 Å². The first-order valence-electron chi connectivity index (χ1n) is 8.65. The van der Waals surface area contributed by atoms with E-state index in [2.05, 4.69) is 0 Å². The van der Waals surface area contributed by atoms with E-state index in [-0.39, 0.29) is 11.9 Å². The molecule has 1 aromatic rings. The number of hydrogen-bond acceptors (Lipinski definition) is 3. The molecule has 1 aliphatic rings. The number of anilines is 1. The fourth-order valence-electron chi connectivity index (χ4n) is 3.54. The molecule has 25 heavy (non-hydrogen) atoms. The number of likely N-dealkylation sites (N-methyl/N-ethyl adjacent to an activating group) is 1. The van der Waals surface area contributed by atoms with Crippen molar-refractivity contribution in [3.63, 3.8) is 0 Å². The molecule has 1 aromatic carbocycles. The van der Waals surface area contributed by atoms with Crippen LogP contribution in [-0.2, 0) is 14.8 Å². The third-order valence-corrected chi connectivity index (χ3v) is 6.41. The third-order valence-electron chi connectivity index (χ3n) is 4.95. The fraction of sp³-hybridized carbons (Fsp3) is 0.611. The highest BCUT2D eigenvalue weighted by molar-refractivity contribution is 7.92. The van der Waals surface area contributed by atoms with Crippen molar-refractivity contribution < 1.29 is 13.2 Å². The number of nitrogens with zero attached hydrogens (tertiary/aromatic N) is 2. The summed E-state index contributed by atoms with van der Waals surface area (Å²) in [6.07, 6.45) is 6.50. The number of sulfonamides is 1. The smallest absolute Gasteiger partial charge is 0.246 e. The van der Waals surface area contributed by atoms with Crippen LogP contribution in [0.15, 0.2) is 18.2 Å². The molecule has 0 bridgehead atoms. The molecule has 0 radical (unpaired) electrons. The summed E-state index contributed by atoms with van der Waals surface area (Å²) in [5, 5.41) is 0.439. The molecule has 0 heterocycles. The van der Waals surface area contributed by atoms with Crippen molar-refractivity contribution in [1.29, 1.82) is 0 Å². The molecule has 1 fully saturated rings. The Kier molecular flexibility index (Phi) is 6.38. The second kappa shape index (κ2) is 7.96. The topological polar surface area (TPSA) is 57.7 Å². The first-order valence-corrected chi connectivity index (χ1v) is 10.9. The minimum absolute atomic E-state index is 0.184. The zero-order valence-corrected chi connectivity index (χ0v) is 16.9. The molecular formula is C18H27ClN2O3S. The highest BCUT2D eigenvalue weighted by Crippen LogP contribution is 2.29. The van der Waals surface area contributed by atoms with Gasteiger partial charge >= 0.3 is 0 Å². The van der Waals surface area contributed by atoms with Crippen LogP contribution in [0.5, 0.6) is 0 Å². The molecule has 0 saturated heterocycles. The van der Waals surface area contributed by atoms with Crippen LogP contribution in [-0.4, -0.2) is 44.6 Å². The van der Waals surface area contributed by atoms with E-state index >= 15 is 0 Å². The maximum Gasteiger partial charge on any atom is 0.246 e. The summed E-state index contributed by atoms with van der Waals surface area (Å²) >= 11 is 6.06. The van der Waals surface area contributed by atoms with Crippen LogP contribution >= 0.6 is 11.6 Å². The molecule has 2 rings (SSSR count). The minimum Gasteiger partial charge on any atom is -0.341 e. The highest BCUT2D eigenvalue weighted by Gasteiger charge is 2.34. The quantitative estimate of drug-likeness (QED) is 0.776. The van der Waals surface area contributed by atoms with Gasteiger partial charge < -0.3 is 4.90 Å². The van der Waals surface area contributed by atoms with Crippen LogP contribution in [0.3, 0.4) is 0 Å². The summed E-state index contributed by atoms with van der Waals surface area (Å²) < 4.78 is 26.1. The molecule has 7 heteroatoms. The van der Waals surface area contributed by atoms with Gasteiger partial charge in [-0.25, -0.2) is 8.42 Å². The zero-order valence-electron chi connectivity index (χ0n) is 15.3. The van der Waals surface area contributed by atoms with E-state index in [0.717, 1.165) is 37.5 Å². The second-order valence-electron chi connectivity index (χ2n) is 6.91. The van der Waals surface area contributed by atoms with Gasteiger partial charge in [0.05, 0.1) is 11.9 Å². The number of carbonyl (C=O) groups is 1. The Bertz CT molecular complexity index is 730. The Morgan fingerprint density at radius 2 is 1.84 bits per heavy atom. The standard InChI is InChI=1S/C18H27ClN2O3S/c1-13-10-11-15(19)12-17(13)21(25(4,23)24)14(2)18(22)20(3)16-8-6-5-7-9-16/h10-12,14,16H,5-9H2,1-4H3/t14-/m1/s1. The minimum atomic E-state index is -3.64. The van der Waals surface area contributed by atoms with E-state index in [1.54, 1.807) is 37.1 Å². The van der Waals surface area contributed by atoms with Gasteiger partial charge in [-0.05, 0) is 44.4 Å². The van der Waals surface area contributed by atoms with Crippen molar-refractivity contribution in [2.45, 2.75) is 58.0 Å². The van der Waals surface area contributed by atoms with Crippen molar-refractivity contribution in [3.05, 3.63) is 28.8 Å². The van der Waals surface area contributed by atoms with Gasteiger partial charge in [0.25, 0.3) is 0 Å². The van der Waals surface area contributed by atoms with E-state index in [1.165, 1.54) is 10.7 Å². The van der Waals surface area contributed by atoms with E-state index in [4.69, 9.17) is 11.6 Å². The molecule has 5 nitrogen and oxygen atoms in total. The molecule has 1 amide bonds. The summed E-state index contributed by atoms with van der Waals surface area (Å²) in [7, 11) is -1.86. The Balaban J connectivity index is 2.34. The maximum absolute atomic E-state index is 13.0. The van der Waals surface area contributed by atoms with E-state index in [1.807, 2.05) is 6.92 Å². The van der Waals surface area contributed by atoms with Gasteiger partial charge in [0, 0.05) is 18.1 Å². The molecule has 1 saturated carbocycles. The summed E-state index contributed by atoms with van der Waals surface area (Å²) in [6.45, 7) is 3.45. The third kappa shape index (κ3) is 4.67. The van der Waals surface area contributed by atoms with Crippen LogP contribution in [0, 0.1) is 6.92 Å². The summed E-state index contributed by atoms with van der Waals surface area (Å²) in [6, 6.07) is 4.44. The molecule has 0 aromatic heterocycles. The van der Waals surface area contributed by atoms with Gasteiger partial charge in [0.2, 0.25) is 15.9 Å². The van der Waals surface area contributed by atoms with Crippen molar-refractivity contribution in [3.8, 4) is 0 Å². The molecule has 0 N–H and O–H groups in total. The first kappa shape index (κ1) is 20.0. The molecule has 0 aliphatic heterocycles. The molecule has 0 spiro atoms. The van der Waals surface area contributed by atoms with Crippen LogP contribution < -0.4 is 4.31 Å². The summed E-state index contributed by atoms with van der Waals surface area (Å²) in [4.78, 5) is 14.7. The van der Waals surface area contributed by atoms with E-state index in [9.17, 15) is 13.2 Å². The van der Waals surface area contributed by atoms with Crippen molar-refractivity contribution in [1.82, 2.24) is 4.90 Å². The van der Waals surface area contributed by atoms with Gasteiger partial charge in [-0.15, -0.1) is 0 Å². The SMILES string of the molecule is Cc1ccc(Cl)cc1N([C@H](C)C(=O)N(C)C1CCCCC1)S(C)(=O)=O. The van der Waals surface area contributed by atoms with Crippen LogP contribution in [0.2, 0.25) is 5.02 Å². The van der Waals surface area contributed by atoms with Gasteiger partial charge in [0.15, 0.2) is 0 Å². The predicted molar refractivity (Wildman–Crippen MR) is 103 cm³/mol. The highest BCUT2D eigenvalue weighted by atomic mass is 35.5. The molecular weight excluding hydrogens is 360 g/mol. The molecule has 1 aliphatic carbocycles. The number of carbonyl (C=O) groups excluding carboxylic acids is 1. The van der Waals surface area contributed by atoms with Gasteiger partial charge in [-0.2, -0.15) is 0 Å². The lowest BCUT2D eigenvalue weighted by Gasteiger charge is -2.36. The molecule has 140 valence electrons. The fourth-order valence-corrected chi connectivity index (χ4v) is 4.92. The predicted octanol–water partition coefficient (Wildman–Crippen LogP) is 3.59. The Hall–Kier alpha value is -1.27. The number of benzene rings is 1. The molecule has 1 atom stereocenters. The monoisotopic (exact) mass is 386 g/mol. The van der Waals surface area contributed by atoms with Crippen molar-refractivity contribution in [2.24, 2.45) is 0 Å². The van der Waals surface area contributed by atoms with Crippen LogP contribution in [0.25, 0.3) is 0 Å². The largest absolute Gasteiger partial charge is 0.341 e. The van der Waals surface area contributed by atoms with Gasteiger partial charge in [-0.3, -0.25) is 9.10 Å². The summed E-state index contributed by atoms with van der Waals surface area (Å²) in [5.74, 6) is -0.184. The second-order valence-corrected chi connectivity index (χ2v) is 9.20. The summed E-state index contributed by atoms with van der Waals surface area (Å²) in [5.41, 5.74) is 1.21. The zero-order chi connectivity index (χ0) is 18.8. The first-order chi connectivity index (χ1) is 11.6. The normalized spacial score (nSPS) is 17.2. The molecule has 0 unspecified atom stereocenters. The lowest BCUT2D eigenvalue weighted by molar-refractivity contribution is -0.133. The number of rotatable bonds is 5. The maximum atomic E-state index is 13.0. The number of amides is 1. The average Bonchev–Trinajstić information content (AvgIpc) is 2.56. The van der Waals surface area contributed by atoms with Crippen LogP contribution in [0.1, 0.15) is 44.6 Å².